The summed E-state index contributed by atoms with van der Waals surface area (Å²) in [5.41, 5.74) is 0.959. The van der Waals surface area contributed by atoms with Gasteiger partial charge in [0.05, 0.1) is 11.4 Å². The highest BCUT2D eigenvalue weighted by atomic mass is 32.2. The van der Waals surface area contributed by atoms with Crippen LogP contribution in [0.2, 0.25) is 0 Å². The molecule has 0 radical (unpaired) electrons. The van der Waals surface area contributed by atoms with E-state index in [1.54, 1.807) is 35.6 Å². The molecular weight excluding hydrogens is 508 g/mol. The number of aryl methyl sites for hydroxylation is 1. The van der Waals surface area contributed by atoms with Crippen LogP contribution in [-0.4, -0.2) is 86.3 Å². The van der Waals surface area contributed by atoms with E-state index in [0.29, 0.717) is 19.4 Å². The Bertz CT molecular complexity index is 1220. The number of benzene rings is 1. The minimum absolute atomic E-state index is 0.0164. The second kappa shape index (κ2) is 11.2. The molecule has 2 unspecified atom stereocenters. The van der Waals surface area contributed by atoms with Gasteiger partial charge in [-0.15, -0.1) is 11.3 Å². The molecule has 0 bridgehead atoms. The van der Waals surface area contributed by atoms with Crippen LogP contribution in [0.15, 0.2) is 41.3 Å². The molecule has 3 saturated heterocycles. The second-order valence-electron chi connectivity index (χ2n) is 10.4. The van der Waals surface area contributed by atoms with Gasteiger partial charge in [0.15, 0.2) is 0 Å². The van der Waals surface area contributed by atoms with Crippen LogP contribution in [0.5, 0.6) is 0 Å². The predicted octanol–water partition coefficient (Wildman–Crippen LogP) is 3.08. The van der Waals surface area contributed by atoms with Gasteiger partial charge in [0.2, 0.25) is 21.8 Å². The van der Waals surface area contributed by atoms with E-state index in [9.17, 15) is 18.0 Å². The van der Waals surface area contributed by atoms with Crippen LogP contribution in [0, 0.1) is 6.92 Å². The Morgan fingerprint density at radius 1 is 0.973 bits per heavy atom. The van der Waals surface area contributed by atoms with Crippen LogP contribution >= 0.6 is 11.3 Å². The predicted molar refractivity (Wildman–Crippen MR) is 145 cm³/mol. The van der Waals surface area contributed by atoms with Crippen LogP contribution in [0.4, 0.5) is 0 Å². The Morgan fingerprint density at radius 2 is 1.70 bits per heavy atom. The number of nitrogens with zero attached hydrogens (tertiary/aromatic N) is 3. The van der Waals surface area contributed by atoms with Gasteiger partial charge in [-0.1, -0.05) is 12.1 Å². The van der Waals surface area contributed by atoms with E-state index in [2.05, 4.69) is 9.62 Å². The minimum atomic E-state index is -3.87. The van der Waals surface area contributed by atoms with Gasteiger partial charge < -0.3 is 14.7 Å². The quantitative estimate of drug-likeness (QED) is 0.552. The van der Waals surface area contributed by atoms with Crippen molar-refractivity contribution in [3.8, 4) is 10.4 Å². The smallest absolute Gasteiger partial charge is 0.242 e. The van der Waals surface area contributed by atoms with Crippen molar-refractivity contribution in [2.24, 2.45) is 0 Å². The Kier molecular flexibility index (Phi) is 7.99. The zero-order chi connectivity index (χ0) is 26.0. The zero-order valence-corrected chi connectivity index (χ0v) is 23.0. The van der Waals surface area contributed by atoms with Crippen molar-refractivity contribution in [2.45, 2.75) is 62.4 Å². The summed E-state index contributed by atoms with van der Waals surface area (Å²) in [6, 6.07) is 10.2. The lowest BCUT2D eigenvalue weighted by Gasteiger charge is -2.34. The highest BCUT2D eigenvalue weighted by Crippen LogP contribution is 2.28. The van der Waals surface area contributed by atoms with Gasteiger partial charge in [-0.05, 0) is 88.4 Å². The monoisotopic (exact) mass is 544 g/mol. The SMILES string of the molecule is Cc1ccc(-c2ccc(S(=O)(=O)NC3CCCN(CC(=O)N4CCCC4CN4CCCC4)C3=O)cc2)s1. The molecule has 1 aromatic heterocycles. The molecule has 200 valence electrons. The fourth-order valence-electron chi connectivity index (χ4n) is 5.72. The lowest BCUT2D eigenvalue weighted by atomic mass is 10.1. The molecule has 2 atom stereocenters. The normalized spacial score (nSPS) is 23.2. The van der Waals surface area contributed by atoms with Crippen molar-refractivity contribution in [1.82, 2.24) is 19.4 Å². The molecule has 1 N–H and O–H groups in total. The van der Waals surface area contributed by atoms with E-state index < -0.39 is 16.1 Å². The van der Waals surface area contributed by atoms with E-state index in [1.165, 1.54) is 22.6 Å². The number of thiophene rings is 1. The fraction of sp³-hybridized carbons (Fsp3) is 0.556. The van der Waals surface area contributed by atoms with Gasteiger partial charge >= 0.3 is 0 Å². The van der Waals surface area contributed by atoms with Crippen molar-refractivity contribution >= 4 is 33.2 Å². The summed E-state index contributed by atoms with van der Waals surface area (Å²) in [4.78, 5) is 34.7. The van der Waals surface area contributed by atoms with Crippen LogP contribution < -0.4 is 4.72 Å². The largest absolute Gasteiger partial charge is 0.337 e. The number of nitrogens with one attached hydrogen (secondary N) is 1. The lowest BCUT2D eigenvalue weighted by molar-refractivity contribution is -0.143. The number of sulfonamides is 1. The zero-order valence-electron chi connectivity index (χ0n) is 21.4. The first kappa shape index (κ1) is 26.3. The summed E-state index contributed by atoms with van der Waals surface area (Å²) >= 11 is 1.66. The molecular formula is C27H36N4O4S2. The van der Waals surface area contributed by atoms with Crippen LogP contribution in [0.25, 0.3) is 10.4 Å². The summed E-state index contributed by atoms with van der Waals surface area (Å²) in [5, 5.41) is 0. The first-order valence-corrected chi connectivity index (χ1v) is 15.6. The Balaban J connectivity index is 1.20. The van der Waals surface area contributed by atoms with Gasteiger partial charge in [0, 0.05) is 35.4 Å². The molecule has 37 heavy (non-hydrogen) atoms. The van der Waals surface area contributed by atoms with Crippen molar-refractivity contribution in [3.05, 3.63) is 41.3 Å². The minimum Gasteiger partial charge on any atom is -0.337 e. The maximum Gasteiger partial charge on any atom is 0.242 e. The first-order valence-electron chi connectivity index (χ1n) is 13.3. The average molecular weight is 545 g/mol. The summed E-state index contributed by atoms with van der Waals surface area (Å²) in [6.07, 6.45) is 5.52. The molecule has 8 nitrogen and oxygen atoms in total. The highest BCUT2D eigenvalue weighted by molar-refractivity contribution is 7.89. The maximum atomic E-state index is 13.2. The number of hydrogen-bond acceptors (Lipinski definition) is 6. The Hall–Kier alpha value is -2.27. The number of likely N-dealkylation sites (tertiary alicyclic amines) is 3. The molecule has 3 fully saturated rings. The van der Waals surface area contributed by atoms with E-state index in [0.717, 1.165) is 49.5 Å². The van der Waals surface area contributed by atoms with Crippen LogP contribution in [-0.2, 0) is 19.6 Å². The number of hydrogen-bond donors (Lipinski definition) is 1. The van der Waals surface area contributed by atoms with Crippen molar-refractivity contribution in [3.63, 3.8) is 0 Å². The van der Waals surface area contributed by atoms with Crippen molar-refractivity contribution in [2.75, 3.05) is 39.3 Å². The van der Waals surface area contributed by atoms with Crippen LogP contribution in [0.3, 0.4) is 0 Å². The number of piperidine rings is 1. The summed E-state index contributed by atoms with van der Waals surface area (Å²) in [7, 11) is -3.87. The van der Waals surface area contributed by atoms with Gasteiger partial charge in [-0.3, -0.25) is 9.59 Å². The lowest BCUT2D eigenvalue weighted by Crippen LogP contribution is -2.55. The molecule has 4 heterocycles. The van der Waals surface area contributed by atoms with E-state index >= 15 is 0 Å². The van der Waals surface area contributed by atoms with Gasteiger partial charge in [0.25, 0.3) is 0 Å². The third-order valence-electron chi connectivity index (χ3n) is 7.71. The average Bonchev–Trinajstić information content (AvgIpc) is 3.65. The molecule has 5 rings (SSSR count). The van der Waals surface area contributed by atoms with Crippen molar-refractivity contribution in [1.29, 1.82) is 0 Å². The number of carbonyl (C=O) groups excluding carboxylic acids is 2. The summed E-state index contributed by atoms with van der Waals surface area (Å²) < 4.78 is 28.8. The molecule has 0 aliphatic carbocycles. The summed E-state index contributed by atoms with van der Waals surface area (Å²) in [6.45, 7) is 6.37. The van der Waals surface area contributed by atoms with E-state index in [-0.39, 0.29) is 29.3 Å². The molecule has 0 saturated carbocycles. The Labute approximate surface area is 223 Å². The second-order valence-corrected chi connectivity index (χ2v) is 13.4. The van der Waals surface area contributed by atoms with Gasteiger partial charge in [-0.2, -0.15) is 4.72 Å². The topological polar surface area (TPSA) is 90.0 Å². The van der Waals surface area contributed by atoms with Crippen molar-refractivity contribution < 1.29 is 18.0 Å². The molecule has 2 aromatic rings. The number of amides is 2. The molecule has 2 amide bonds. The van der Waals surface area contributed by atoms with E-state index in [4.69, 9.17) is 0 Å². The third-order valence-corrected chi connectivity index (χ3v) is 10.2. The fourth-order valence-corrected chi connectivity index (χ4v) is 7.82. The standard InChI is InChI=1S/C27H36N4O4S2/c1-20-8-13-25(36-20)21-9-11-23(12-10-21)37(34,35)28-24-7-5-16-30(27(24)33)19-26(32)31-17-4-6-22(31)18-29-14-2-3-15-29/h8-13,22,24,28H,2-7,14-19H2,1H3. The van der Waals surface area contributed by atoms with Gasteiger partial charge in [-0.25, -0.2) is 8.42 Å². The van der Waals surface area contributed by atoms with E-state index in [1.807, 2.05) is 24.0 Å². The molecule has 1 aromatic carbocycles. The first-order chi connectivity index (χ1) is 17.8. The Morgan fingerprint density at radius 3 is 2.41 bits per heavy atom. The molecule has 3 aliphatic heterocycles. The van der Waals surface area contributed by atoms with Gasteiger partial charge in [0.1, 0.15) is 6.04 Å². The molecule has 10 heteroatoms. The number of rotatable bonds is 8. The molecule has 3 aliphatic rings. The third kappa shape index (κ3) is 6.08. The van der Waals surface area contributed by atoms with Crippen LogP contribution in [0.1, 0.15) is 43.4 Å². The maximum absolute atomic E-state index is 13.2. The number of carbonyl (C=O) groups is 2. The highest BCUT2D eigenvalue weighted by Gasteiger charge is 2.36. The summed E-state index contributed by atoms with van der Waals surface area (Å²) in [5.74, 6) is -0.345. The molecule has 0 spiro atoms.